The zero-order valence-electron chi connectivity index (χ0n) is 10.2. The van der Waals surface area contributed by atoms with Crippen molar-refractivity contribution in [1.82, 2.24) is 24.3 Å². The van der Waals surface area contributed by atoms with E-state index in [9.17, 15) is 0 Å². The van der Waals surface area contributed by atoms with E-state index in [1.165, 1.54) is 0 Å². The first-order valence-corrected chi connectivity index (χ1v) is 7.08. The Morgan fingerprint density at radius 1 is 1.53 bits per heavy atom. The third kappa shape index (κ3) is 2.35. The minimum absolute atomic E-state index is 0.176. The van der Waals surface area contributed by atoms with Gasteiger partial charge < -0.3 is 4.98 Å². The fraction of sp³-hybridized carbons (Fsp3) is 0.250. The first-order valence-electron chi connectivity index (χ1n) is 5.88. The summed E-state index contributed by atoms with van der Waals surface area (Å²) in [5.41, 5.74) is 1.81. The molecule has 0 aliphatic heterocycles. The first kappa shape index (κ1) is 12.6. The molecule has 3 aromatic rings. The van der Waals surface area contributed by atoms with E-state index in [2.05, 4.69) is 37.9 Å². The van der Waals surface area contributed by atoms with E-state index < -0.39 is 0 Å². The van der Waals surface area contributed by atoms with Crippen LogP contribution in [0.3, 0.4) is 0 Å². The van der Waals surface area contributed by atoms with Crippen molar-refractivity contribution in [3.8, 4) is 0 Å². The number of hydrogen-bond donors (Lipinski definition) is 1. The van der Waals surface area contributed by atoms with Crippen LogP contribution in [-0.2, 0) is 6.54 Å². The molecule has 0 radical (unpaired) electrons. The lowest BCUT2D eigenvalue weighted by molar-refractivity contribution is 0.440. The van der Waals surface area contributed by atoms with E-state index in [1.54, 1.807) is 12.4 Å². The molecule has 0 bridgehead atoms. The largest absolute Gasteiger partial charge is 0.329 e. The predicted molar refractivity (Wildman–Crippen MR) is 79.6 cm³/mol. The number of fused-ring (bicyclic) bond motifs is 1. The monoisotopic (exact) mass is 337 g/mol. The summed E-state index contributed by atoms with van der Waals surface area (Å²) in [7, 11) is 0. The number of aromatic amines is 1. The molecule has 1 atom stereocenters. The van der Waals surface area contributed by atoms with Crippen LogP contribution >= 0.6 is 28.1 Å². The number of hydrogen-bond acceptors (Lipinski definition) is 3. The maximum atomic E-state index is 5.39. The highest BCUT2D eigenvalue weighted by atomic mass is 79.9. The molecule has 3 rings (SSSR count). The second-order valence-electron chi connectivity index (χ2n) is 4.40. The Kier molecular flexibility index (Phi) is 3.24. The molecule has 7 heteroatoms. The van der Waals surface area contributed by atoms with Crippen molar-refractivity contribution < 1.29 is 0 Å². The van der Waals surface area contributed by atoms with Crippen molar-refractivity contribution >= 4 is 39.3 Å². The number of halogens is 1. The van der Waals surface area contributed by atoms with E-state index in [0.29, 0.717) is 4.77 Å². The topological polar surface area (TPSA) is 51.4 Å². The van der Waals surface area contributed by atoms with Crippen molar-refractivity contribution in [3.63, 3.8) is 0 Å². The van der Waals surface area contributed by atoms with Gasteiger partial charge in [0.15, 0.2) is 10.4 Å². The average molecular weight is 338 g/mol. The lowest BCUT2D eigenvalue weighted by atomic mass is 10.3. The SMILES string of the molecule is CC(Cn1cccn1)n1c(=S)[nH]c2cc(Br)cnc21. The standard InChI is InChI=1S/C12H12BrN5S/c1-8(7-17-4-2-3-15-17)18-11-10(16-12(18)19)5-9(13)6-14-11/h2-6,8H,7H2,1H3,(H,16,19). The molecule has 0 aromatic carbocycles. The van der Waals surface area contributed by atoms with Gasteiger partial charge in [-0.1, -0.05) is 0 Å². The molecule has 0 amide bonds. The molecule has 0 saturated heterocycles. The normalized spacial score (nSPS) is 12.9. The molecule has 0 aliphatic rings. The van der Waals surface area contributed by atoms with Crippen molar-refractivity contribution in [2.24, 2.45) is 0 Å². The number of aromatic nitrogens is 5. The summed E-state index contributed by atoms with van der Waals surface area (Å²) in [6.45, 7) is 2.86. The van der Waals surface area contributed by atoms with E-state index in [0.717, 1.165) is 22.2 Å². The van der Waals surface area contributed by atoms with Crippen LogP contribution in [0.5, 0.6) is 0 Å². The third-order valence-corrected chi connectivity index (χ3v) is 3.71. The zero-order chi connectivity index (χ0) is 13.4. The Hall–Kier alpha value is -1.47. The summed E-state index contributed by atoms with van der Waals surface area (Å²) in [6.07, 6.45) is 5.50. The third-order valence-electron chi connectivity index (χ3n) is 2.97. The van der Waals surface area contributed by atoms with Crippen LogP contribution in [0, 0.1) is 4.77 Å². The highest BCUT2D eigenvalue weighted by Gasteiger charge is 2.13. The molecule has 1 unspecified atom stereocenters. The zero-order valence-corrected chi connectivity index (χ0v) is 12.6. The Bertz CT molecular complexity index is 758. The predicted octanol–water partition coefficient (Wildman–Crippen LogP) is 3.31. The Morgan fingerprint density at radius 2 is 2.37 bits per heavy atom. The fourth-order valence-electron chi connectivity index (χ4n) is 2.16. The van der Waals surface area contributed by atoms with Gasteiger partial charge in [0.2, 0.25) is 0 Å². The number of imidazole rings is 1. The number of pyridine rings is 1. The summed E-state index contributed by atoms with van der Waals surface area (Å²) >= 11 is 8.80. The number of H-pyrrole nitrogens is 1. The molecule has 0 aliphatic carbocycles. The maximum Gasteiger partial charge on any atom is 0.179 e. The van der Waals surface area contributed by atoms with Crippen LogP contribution in [0.4, 0.5) is 0 Å². The van der Waals surface area contributed by atoms with E-state index in [1.807, 2.05) is 27.6 Å². The molecule has 3 aromatic heterocycles. The number of nitrogens with one attached hydrogen (secondary N) is 1. The van der Waals surface area contributed by atoms with Gasteiger partial charge in [-0.15, -0.1) is 0 Å². The van der Waals surface area contributed by atoms with E-state index >= 15 is 0 Å². The van der Waals surface area contributed by atoms with Gasteiger partial charge in [-0.05, 0) is 47.2 Å². The first-order chi connectivity index (χ1) is 9.15. The van der Waals surface area contributed by atoms with Gasteiger partial charge in [0.1, 0.15) is 0 Å². The summed E-state index contributed by atoms with van der Waals surface area (Å²) in [4.78, 5) is 7.62. The number of rotatable bonds is 3. The smallest absolute Gasteiger partial charge is 0.179 e. The lowest BCUT2D eigenvalue weighted by Crippen LogP contribution is -2.14. The van der Waals surface area contributed by atoms with Crippen LogP contribution in [0.15, 0.2) is 35.2 Å². The van der Waals surface area contributed by atoms with Crippen LogP contribution in [0.1, 0.15) is 13.0 Å². The van der Waals surface area contributed by atoms with Crippen molar-refractivity contribution in [3.05, 3.63) is 40.0 Å². The molecule has 98 valence electrons. The highest BCUT2D eigenvalue weighted by molar-refractivity contribution is 9.10. The summed E-state index contributed by atoms with van der Waals surface area (Å²) in [6, 6.07) is 4.07. The Morgan fingerprint density at radius 3 is 3.11 bits per heavy atom. The maximum absolute atomic E-state index is 5.39. The highest BCUT2D eigenvalue weighted by Crippen LogP contribution is 2.21. The second kappa shape index (κ2) is 4.90. The second-order valence-corrected chi connectivity index (χ2v) is 5.70. The van der Waals surface area contributed by atoms with Crippen LogP contribution in [-0.4, -0.2) is 24.3 Å². The summed E-state index contributed by atoms with van der Waals surface area (Å²) in [5, 5.41) is 4.22. The quantitative estimate of drug-likeness (QED) is 0.746. The molecule has 3 heterocycles. The van der Waals surface area contributed by atoms with Gasteiger partial charge in [-0.3, -0.25) is 9.25 Å². The van der Waals surface area contributed by atoms with Gasteiger partial charge in [-0.2, -0.15) is 5.10 Å². The van der Waals surface area contributed by atoms with Gasteiger partial charge in [0, 0.05) is 23.1 Å². The van der Waals surface area contributed by atoms with Crippen LogP contribution in [0.25, 0.3) is 11.2 Å². The molecular weight excluding hydrogens is 326 g/mol. The average Bonchev–Trinajstić information content (AvgIpc) is 2.95. The molecule has 0 fully saturated rings. The molecule has 0 saturated carbocycles. The molecule has 0 spiro atoms. The lowest BCUT2D eigenvalue weighted by Gasteiger charge is -2.14. The minimum atomic E-state index is 0.176. The van der Waals surface area contributed by atoms with Crippen molar-refractivity contribution in [2.75, 3.05) is 0 Å². The fourth-order valence-corrected chi connectivity index (χ4v) is 2.87. The van der Waals surface area contributed by atoms with Gasteiger partial charge in [0.25, 0.3) is 0 Å². The van der Waals surface area contributed by atoms with Gasteiger partial charge >= 0.3 is 0 Å². The summed E-state index contributed by atoms with van der Waals surface area (Å²) in [5.74, 6) is 0. The molecule has 19 heavy (non-hydrogen) atoms. The van der Waals surface area contributed by atoms with Crippen molar-refractivity contribution in [1.29, 1.82) is 0 Å². The minimum Gasteiger partial charge on any atom is -0.329 e. The van der Waals surface area contributed by atoms with E-state index in [-0.39, 0.29) is 6.04 Å². The summed E-state index contributed by atoms with van der Waals surface area (Å²) < 4.78 is 5.53. The number of nitrogens with zero attached hydrogens (tertiary/aromatic N) is 4. The molecular formula is C12H12BrN5S. The molecule has 5 nitrogen and oxygen atoms in total. The Labute approximate surface area is 123 Å². The van der Waals surface area contributed by atoms with Gasteiger partial charge in [-0.25, -0.2) is 4.98 Å². The van der Waals surface area contributed by atoms with Gasteiger partial charge in [0.05, 0.1) is 18.1 Å². The Balaban J connectivity index is 2.04. The van der Waals surface area contributed by atoms with Crippen LogP contribution < -0.4 is 0 Å². The van der Waals surface area contributed by atoms with Crippen LogP contribution in [0.2, 0.25) is 0 Å². The van der Waals surface area contributed by atoms with Crippen molar-refractivity contribution in [2.45, 2.75) is 19.5 Å². The van der Waals surface area contributed by atoms with E-state index in [4.69, 9.17) is 12.2 Å². The molecule has 1 N–H and O–H groups in total.